The molecule has 1 aromatic carbocycles. The summed E-state index contributed by atoms with van der Waals surface area (Å²) >= 11 is 0. The Balaban J connectivity index is 2.12. The Labute approximate surface area is 113 Å². The molecule has 2 unspecified atom stereocenters. The first-order valence-electron chi connectivity index (χ1n) is 6.58. The molecule has 0 aliphatic carbocycles. The summed E-state index contributed by atoms with van der Waals surface area (Å²) in [5.74, 6) is 0.150. The van der Waals surface area contributed by atoms with Crippen molar-refractivity contribution in [3.05, 3.63) is 29.6 Å². The van der Waals surface area contributed by atoms with Gasteiger partial charge in [0.2, 0.25) is 0 Å². The summed E-state index contributed by atoms with van der Waals surface area (Å²) in [6.45, 7) is 5.34. The highest BCUT2D eigenvalue weighted by Gasteiger charge is 2.27. The summed E-state index contributed by atoms with van der Waals surface area (Å²) in [5, 5.41) is 0. The third-order valence-corrected chi connectivity index (χ3v) is 3.59. The first kappa shape index (κ1) is 14.2. The molecule has 1 saturated heterocycles. The molecule has 0 amide bonds. The van der Waals surface area contributed by atoms with Gasteiger partial charge in [0.15, 0.2) is 0 Å². The van der Waals surface area contributed by atoms with Crippen molar-refractivity contribution in [3.8, 4) is 5.75 Å². The molecule has 2 N–H and O–H groups in total. The molecular weight excluding hydrogens is 247 g/mol. The summed E-state index contributed by atoms with van der Waals surface area (Å²) in [6, 6.07) is 4.29. The number of likely N-dealkylation sites (N-methyl/N-ethyl adjacent to an activating group) is 1. The molecule has 4 nitrogen and oxygen atoms in total. The zero-order valence-electron chi connectivity index (χ0n) is 11.4. The molecule has 1 heterocycles. The lowest BCUT2D eigenvalue weighted by molar-refractivity contribution is -0.0397. The normalized spacial score (nSPS) is 22.2. The minimum Gasteiger partial charge on any atom is -0.497 e. The number of ether oxygens (including phenoxy) is 2. The van der Waals surface area contributed by atoms with Crippen LogP contribution >= 0.6 is 0 Å². The lowest BCUT2D eigenvalue weighted by atomic mass is 10.00. The van der Waals surface area contributed by atoms with Crippen LogP contribution in [0.5, 0.6) is 5.75 Å². The molecule has 2 atom stereocenters. The van der Waals surface area contributed by atoms with Gasteiger partial charge in [0, 0.05) is 24.7 Å². The van der Waals surface area contributed by atoms with E-state index in [0.717, 1.165) is 19.6 Å². The standard InChI is InChI=1S/C14H21FN2O2/c1-3-17-6-7-19-13(9-17)14(16)11-5-4-10(18-2)8-12(11)15/h4-5,8,13-14H,3,6-7,9,16H2,1-2H3. The van der Waals surface area contributed by atoms with Crippen LogP contribution in [-0.2, 0) is 4.74 Å². The second-order valence-corrected chi connectivity index (χ2v) is 4.72. The molecule has 0 radical (unpaired) electrons. The molecule has 0 bridgehead atoms. The van der Waals surface area contributed by atoms with Crippen molar-refractivity contribution >= 4 is 0 Å². The van der Waals surface area contributed by atoms with E-state index in [1.807, 2.05) is 0 Å². The summed E-state index contributed by atoms with van der Waals surface area (Å²) in [6.07, 6.45) is -0.170. The smallest absolute Gasteiger partial charge is 0.131 e. The lowest BCUT2D eigenvalue weighted by Crippen LogP contribution is -2.47. The van der Waals surface area contributed by atoms with E-state index >= 15 is 0 Å². The van der Waals surface area contributed by atoms with Gasteiger partial charge < -0.3 is 15.2 Å². The molecule has 2 rings (SSSR count). The minimum absolute atomic E-state index is 0.170. The fourth-order valence-corrected chi connectivity index (χ4v) is 2.34. The van der Waals surface area contributed by atoms with Gasteiger partial charge in [-0.2, -0.15) is 0 Å². The molecule has 1 aliphatic rings. The Bertz CT molecular complexity index is 428. The van der Waals surface area contributed by atoms with Crippen LogP contribution in [0, 0.1) is 5.82 Å². The van der Waals surface area contributed by atoms with Crippen LogP contribution in [-0.4, -0.2) is 44.4 Å². The number of hydrogen-bond donors (Lipinski definition) is 1. The van der Waals surface area contributed by atoms with E-state index < -0.39 is 6.04 Å². The SMILES string of the molecule is CCN1CCOC(C(N)c2ccc(OC)cc2F)C1. The van der Waals surface area contributed by atoms with Gasteiger partial charge in [-0.25, -0.2) is 4.39 Å². The van der Waals surface area contributed by atoms with Gasteiger partial charge in [0.25, 0.3) is 0 Å². The number of nitrogens with two attached hydrogens (primary N) is 1. The van der Waals surface area contributed by atoms with E-state index in [1.165, 1.54) is 13.2 Å². The predicted octanol–water partition coefficient (Wildman–Crippen LogP) is 1.55. The quantitative estimate of drug-likeness (QED) is 0.900. The predicted molar refractivity (Wildman–Crippen MR) is 71.7 cm³/mol. The summed E-state index contributed by atoms with van der Waals surface area (Å²) in [7, 11) is 1.51. The lowest BCUT2D eigenvalue weighted by Gasteiger charge is -2.35. The van der Waals surface area contributed by atoms with Crippen LogP contribution in [0.2, 0.25) is 0 Å². The van der Waals surface area contributed by atoms with Crippen molar-refractivity contribution in [2.24, 2.45) is 5.73 Å². The van der Waals surface area contributed by atoms with Crippen LogP contribution in [0.4, 0.5) is 4.39 Å². The molecule has 1 aliphatic heterocycles. The molecule has 19 heavy (non-hydrogen) atoms. The fraction of sp³-hybridized carbons (Fsp3) is 0.571. The van der Waals surface area contributed by atoms with Crippen molar-refractivity contribution < 1.29 is 13.9 Å². The minimum atomic E-state index is -0.458. The maximum Gasteiger partial charge on any atom is 0.131 e. The van der Waals surface area contributed by atoms with Crippen LogP contribution in [0.1, 0.15) is 18.5 Å². The van der Waals surface area contributed by atoms with Crippen molar-refractivity contribution in [3.63, 3.8) is 0 Å². The highest BCUT2D eigenvalue weighted by molar-refractivity contribution is 5.31. The number of rotatable bonds is 4. The van der Waals surface area contributed by atoms with Gasteiger partial charge in [0.05, 0.1) is 25.9 Å². The largest absolute Gasteiger partial charge is 0.497 e. The Morgan fingerprint density at radius 1 is 1.58 bits per heavy atom. The van der Waals surface area contributed by atoms with E-state index in [4.69, 9.17) is 15.2 Å². The maximum absolute atomic E-state index is 14.0. The Hall–Kier alpha value is -1.17. The summed E-state index contributed by atoms with van der Waals surface area (Å²) in [4.78, 5) is 2.26. The number of hydrogen-bond acceptors (Lipinski definition) is 4. The third-order valence-electron chi connectivity index (χ3n) is 3.59. The maximum atomic E-state index is 14.0. The number of methoxy groups -OCH3 is 1. The van der Waals surface area contributed by atoms with Crippen molar-refractivity contribution in [1.29, 1.82) is 0 Å². The van der Waals surface area contributed by atoms with Gasteiger partial charge in [0.1, 0.15) is 11.6 Å². The average Bonchev–Trinajstić information content (AvgIpc) is 2.46. The van der Waals surface area contributed by atoms with Gasteiger partial charge in [-0.15, -0.1) is 0 Å². The van der Waals surface area contributed by atoms with Crippen LogP contribution in [0.15, 0.2) is 18.2 Å². The highest BCUT2D eigenvalue weighted by Crippen LogP contribution is 2.25. The van der Waals surface area contributed by atoms with E-state index in [0.29, 0.717) is 17.9 Å². The van der Waals surface area contributed by atoms with Crippen molar-refractivity contribution in [1.82, 2.24) is 4.90 Å². The van der Waals surface area contributed by atoms with E-state index in [-0.39, 0.29) is 11.9 Å². The Morgan fingerprint density at radius 3 is 3.00 bits per heavy atom. The molecule has 106 valence electrons. The van der Waals surface area contributed by atoms with E-state index in [1.54, 1.807) is 12.1 Å². The van der Waals surface area contributed by atoms with Crippen molar-refractivity contribution in [2.45, 2.75) is 19.1 Å². The zero-order valence-corrected chi connectivity index (χ0v) is 11.4. The third kappa shape index (κ3) is 3.23. The van der Waals surface area contributed by atoms with Crippen LogP contribution < -0.4 is 10.5 Å². The monoisotopic (exact) mass is 268 g/mol. The van der Waals surface area contributed by atoms with Crippen LogP contribution in [0.25, 0.3) is 0 Å². The topological polar surface area (TPSA) is 47.7 Å². The number of halogens is 1. The zero-order chi connectivity index (χ0) is 13.8. The molecule has 5 heteroatoms. The van der Waals surface area contributed by atoms with Gasteiger partial charge in [-0.05, 0) is 12.6 Å². The first-order chi connectivity index (χ1) is 9.15. The summed E-state index contributed by atoms with van der Waals surface area (Å²) in [5.41, 5.74) is 6.62. The molecule has 1 aromatic rings. The van der Waals surface area contributed by atoms with Gasteiger partial charge >= 0.3 is 0 Å². The van der Waals surface area contributed by atoms with E-state index in [9.17, 15) is 4.39 Å². The summed E-state index contributed by atoms with van der Waals surface area (Å²) < 4.78 is 24.7. The van der Waals surface area contributed by atoms with Crippen molar-refractivity contribution in [2.75, 3.05) is 33.4 Å². The highest BCUT2D eigenvalue weighted by atomic mass is 19.1. The average molecular weight is 268 g/mol. The number of nitrogens with zero attached hydrogens (tertiary/aromatic N) is 1. The first-order valence-corrected chi connectivity index (χ1v) is 6.58. The number of morpholine rings is 1. The fourth-order valence-electron chi connectivity index (χ4n) is 2.34. The molecule has 0 saturated carbocycles. The van der Waals surface area contributed by atoms with Crippen LogP contribution in [0.3, 0.4) is 0 Å². The number of benzene rings is 1. The molecule has 0 spiro atoms. The molecular formula is C14H21FN2O2. The molecule has 0 aromatic heterocycles. The Morgan fingerprint density at radius 2 is 2.37 bits per heavy atom. The van der Waals surface area contributed by atoms with Gasteiger partial charge in [-0.3, -0.25) is 4.90 Å². The Kier molecular flexibility index (Phi) is 4.74. The molecule has 1 fully saturated rings. The second kappa shape index (κ2) is 6.32. The second-order valence-electron chi connectivity index (χ2n) is 4.72. The van der Waals surface area contributed by atoms with E-state index in [2.05, 4.69) is 11.8 Å². The van der Waals surface area contributed by atoms with Gasteiger partial charge in [-0.1, -0.05) is 13.0 Å².